The molecule has 0 unspecified atom stereocenters. The number of amides is 1. The normalized spacial score (nSPS) is 10.4. The maximum atomic E-state index is 11.9. The summed E-state index contributed by atoms with van der Waals surface area (Å²) in [4.78, 5) is 11.9. The van der Waals surface area contributed by atoms with Crippen molar-refractivity contribution in [3.05, 3.63) is 29.8 Å². The summed E-state index contributed by atoms with van der Waals surface area (Å²) in [5.41, 5.74) is 0.929. The number of benzene rings is 1. The summed E-state index contributed by atoms with van der Waals surface area (Å²) >= 11 is 3.06. The molecule has 0 aliphatic carbocycles. The molecule has 0 aliphatic rings. The van der Waals surface area contributed by atoms with Gasteiger partial charge in [-0.05, 0) is 24.1 Å². The Labute approximate surface area is 132 Å². The molecule has 0 saturated heterocycles. The Bertz CT molecular complexity index is 584. The molecule has 5 nitrogen and oxygen atoms in total. The van der Waals surface area contributed by atoms with Crippen LogP contribution in [0.5, 0.6) is 5.75 Å². The fourth-order valence-electron chi connectivity index (χ4n) is 1.60. The first kappa shape index (κ1) is 15.8. The molecule has 0 radical (unpaired) electrons. The van der Waals surface area contributed by atoms with Crippen LogP contribution in [0.2, 0.25) is 0 Å². The third-order valence-electron chi connectivity index (χ3n) is 2.61. The van der Waals surface area contributed by atoms with E-state index in [1.165, 1.54) is 11.3 Å². The lowest BCUT2D eigenvalue weighted by Crippen LogP contribution is -2.14. The number of carbonyl (C=O) groups is 1. The van der Waals surface area contributed by atoms with Crippen LogP contribution in [0.15, 0.2) is 28.6 Å². The average molecular weight is 323 g/mol. The van der Waals surface area contributed by atoms with Crippen LogP contribution in [0.3, 0.4) is 0 Å². The topological polar surface area (TPSA) is 64.1 Å². The van der Waals surface area contributed by atoms with Crippen LogP contribution in [0.4, 0.5) is 5.13 Å². The molecule has 0 atom stereocenters. The lowest BCUT2D eigenvalue weighted by Gasteiger charge is -2.03. The second-order valence-corrected chi connectivity index (χ2v) is 6.61. The highest BCUT2D eigenvalue weighted by molar-refractivity contribution is 8.01. The summed E-state index contributed by atoms with van der Waals surface area (Å²) in [5.74, 6) is 1.69. The van der Waals surface area contributed by atoms with Crippen LogP contribution < -0.4 is 10.1 Å². The van der Waals surface area contributed by atoms with Gasteiger partial charge >= 0.3 is 0 Å². The van der Waals surface area contributed by atoms with Crippen LogP contribution in [0.25, 0.3) is 0 Å². The summed E-state index contributed by atoms with van der Waals surface area (Å²) in [6.45, 7) is 2.12. The van der Waals surface area contributed by atoms with Gasteiger partial charge in [0.05, 0.1) is 13.5 Å². The Morgan fingerprint density at radius 1 is 1.33 bits per heavy atom. The maximum absolute atomic E-state index is 11.9. The van der Waals surface area contributed by atoms with E-state index in [1.807, 2.05) is 24.3 Å². The van der Waals surface area contributed by atoms with Gasteiger partial charge in [0.15, 0.2) is 4.34 Å². The number of aromatic nitrogens is 2. The minimum Gasteiger partial charge on any atom is -0.497 e. The molecule has 2 rings (SSSR count). The van der Waals surface area contributed by atoms with E-state index >= 15 is 0 Å². The second-order valence-electron chi connectivity index (χ2n) is 4.29. The Kier molecular flexibility index (Phi) is 6.01. The lowest BCUT2D eigenvalue weighted by molar-refractivity contribution is -0.115. The van der Waals surface area contributed by atoms with Crippen molar-refractivity contribution >= 4 is 34.1 Å². The molecule has 1 aromatic carbocycles. The van der Waals surface area contributed by atoms with Gasteiger partial charge in [0.1, 0.15) is 5.75 Å². The molecular formula is C14H17N3O2S2. The van der Waals surface area contributed by atoms with Crippen molar-refractivity contribution < 1.29 is 9.53 Å². The van der Waals surface area contributed by atoms with Gasteiger partial charge in [0, 0.05) is 5.75 Å². The van der Waals surface area contributed by atoms with Crippen LogP contribution in [-0.2, 0) is 11.2 Å². The first-order valence-corrected chi connectivity index (χ1v) is 8.40. The number of hydrogen-bond donors (Lipinski definition) is 1. The number of methoxy groups -OCH3 is 1. The molecule has 0 aliphatic heterocycles. The number of hydrogen-bond acceptors (Lipinski definition) is 6. The molecule has 0 saturated carbocycles. The Balaban J connectivity index is 1.87. The zero-order valence-corrected chi connectivity index (χ0v) is 13.6. The second kappa shape index (κ2) is 7.99. The molecule has 1 N–H and O–H groups in total. The Morgan fingerprint density at radius 3 is 2.76 bits per heavy atom. The van der Waals surface area contributed by atoms with Crippen LogP contribution >= 0.6 is 23.1 Å². The number of rotatable bonds is 7. The van der Waals surface area contributed by atoms with Crippen molar-refractivity contribution in [3.63, 3.8) is 0 Å². The van der Waals surface area contributed by atoms with Crippen molar-refractivity contribution in [2.45, 2.75) is 24.1 Å². The fourth-order valence-corrected chi connectivity index (χ4v) is 3.29. The van der Waals surface area contributed by atoms with Crippen molar-refractivity contribution in [3.8, 4) is 5.75 Å². The Morgan fingerprint density at radius 2 is 2.10 bits per heavy atom. The highest BCUT2D eigenvalue weighted by Gasteiger charge is 2.09. The highest BCUT2D eigenvalue weighted by Crippen LogP contribution is 2.25. The number of nitrogens with zero attached hydrogens (tertiary/aromatic N) is 2. The van der Waals surface area contributed by atoms with E-state index in [0.717, 1.165) is 27.8 Å². The molecule has 112 valence electrons. The molecule has 1 aromatic heterocycles. The van der Waals surface area contributed by atoms with E-state index in [9.17, 15) is 4.79 Å². The van der Waals surface area contributed by atoms with Crippen LogP contribution in [-0.4, -0.2) is 29.0 Å². The number of carbonyl (C=O) groups excluding carboxylic acids is 1. The van der Waals surface area contributed by atoms with Gasteiger partial charge in [-0.25, -0.2) is 0 Å². The summed E-state index contributed by atoms with van der Waals surface area (Å²) < 4.78 is 5.97. The minimum absolute atomic E-state index is 0.0941. The molecular weight excluding hydrogens is 306 g/mol. The summed E-state index contributed by atoms with van der Waals surface area (Å²) in [6.07, 6.45) is 1.39. The third kappa shape index (κ3) is 5.02. The first-order valence-electron chi connectivity index (χ1n) is 6.60. The van der Waals surface area contributed by atoms with Crippen molar-refractivity contribution in [1.29, 1.82) is 0 Å². The van der Waals surface area contributed by atoms with E-state index in [4.69, 9.17) is 4.74 Å². The van der Waals surface area contributed by atoms with E-state index < -0.39 is 0 Å². The zero-order chi connectivity index (χ0) is 15.1. The van der Waals surface area contributed by atoms with Gasteiger partial charge < -0.3 is 10.1 Å². The molecule has 1 amide bonds. The van der Waals surface area contributed by atoms with Crippen LogP contribution in [0, 0.1) is 0 Å². The lowest BCUT2D eigenvalue weighted by atomic mass is 10.1. The number of thioether (sulfide) groups is 1. The molecule has 0 bridgehead atoms. The van der Waals surface area contributed by atoms with Gasteiger partial charge in [0.25, 0.3) is 0 Å². The molecule has 2 aromatic rings. The predicted molar refractivity (Wildman–Crippen MR) is 86.3 cm³/mol. The van der Waals surface area contributed by atoms with E-state index in [-0.39, 0.29) is 5.91 Å². The summed E-state index contributed by atoms with van der Waals surface area (Å²) in [7, 11) is 1.62. The van der Waals surface area contributed by atoms with Gasteiger partial charge in [0.2, 0.25) is 11.0 Å². The number of anilines is 1. The van der Waals surface area contributed by atoms with Crippen molar-refractivity contribution in [2.24, 2.45) is 0 Å². The molecule has 0 fully saturated rings. The number of nitrogens with one attached hydrogen (secondary N) is 1. The van der Waals surface area contributed by atoms with E-state index in [1.54, 1.807) is 18.9 Å². The minimum atomic E-state index is -0.0941. The third-order valence-corrected chi connectivity index (χ3v) is 4.78. The molecule has 7 heteroatoms. The van der Waals surface area contributed by atoms with Crippen molar-refractivity contribution in [2.75, 3.05) is 18.2 Å². The quantitative estimate of drug-likeness (QED) is 0.626. The Hall–Kier alpha value is -1.60. The summed E-state index contributed by atoms with van der Waals surface area (Å²) in [6, 6.07) is 7.43. The monoisotopic (exact) mass is 323 g/mol. The van der Waals surface area contributed by atoms with Crippen LogP contribution in [0.1, 0.15) is 18.9 Å². The number of ether oxygens (including phenoxy) is 1. The largest absolute Gasteiger partial charge is 0.497 e. The fraction of sp³-hybridized carbons (Fsp3) is 0.357. The van der Waals surface area contributed by atoms with Crippen molar-refractivity contribution in [1.82, 2.24) is 10.2 Å². The molecule has 21 heavy (non-hydrogen) atoms. The standard InChI is InChI=1S/C14H17N3O2S2/c1-3-8-20-14-17-16-13(21-14)15-12(18)9-10-4-6-11(19-2)7-5-10/h4-7H,3,8-9H2,1-2H3,(H,15,16,18). The van der Waals surface area contributed by atoms with E-state index in [0.29, 0.717) is 11.6 Å². The molecule has 0 spiro atoms. The first-order chi connectivity index (χ1) is 10.2. The predicted octanol–water partition coefficient (Wildman–Crippen LogP) is 3.23. The molecule has 1 heterocycles. The van der Waals surface area contributed by atoms with E-state index in [2.05, 4.69) is 22.4 Å². The highest BCUT2D eigenvalue weighted by atomic mass is 32.2. The summed E-state index contributed by atoms with van der Waals surface area (Å²) in [5, 5.41) is 11.3. The van der Waals surface area contributed by atoms with Gasteiger partial charge in [-0.3, -0.25) is 4.79 Å². The average Bonchev–Trinajstić information content (AvgIpc) is 2.93. The smallest absolute Gasteiger partial charge is 0.230 e. The van der Waals surface area contributed by atoms with Gasteiger partial charge in [-0.2, -0.15) is 0 Å². The SMILES string of the molecule is CCCSc1nnc(NC(=O)Cc2ccc(OC)cc2)s1. The van der Waals surface area contributed by atoms with Gasteiger partial charge in [-0.1, -0.05) is 42.2 Å². The maximum Gasteiger partial charge on any atom is 0.230 e. The zero-order valence-electron chi connectivity index (χ0n) is 12.0. The van der Waals surface area contributed by atoms with Gasteiger partial charge in [-0.15, -0.1) is 10.2 Å².